The van der Waals surface area contributed by atoms with E-state index in [9.17, 15) is 4.79 Å². The van der Waals surface area contributed by atoms with E-state index in [1.807, 2.05) is 46.6 Å². The van der Waals surface area contributed by atoms with Crippen LogP contribution in [-0.2, 0) is 16.1 Å². The maximum absolute atomic E-state index is 11.1. The lowest BCUT2D eigenvalue weighted by atomic mass is 10.2. The van der Waals surface area contributed by atoms with E-state index in [0.717, 1.165) is 5.57 Å². The Morgan fingerprint density at radius 1 is 1.37 bits per heavy atom. The van der Waals surface area contributed by atoms with E-state index in [1.165, 1.54) is 12.7 Å². The quantitative estimate of drug-likeness (QED) is 0.332. The molecule has 0 saturated carbocycles. The molecule has 0 unspecified atom stereocenters. The number of halogens is 1. The number of hydrogen-bond donors (Lipinski definition) is 0. The summed E-state index contributed by atoms with van der Waals surface area (Å²) in [6, 6.07) is 10.0. The molecule has 0 fully saturated rings. The fraction of sp³-hybridized carbons (Fsp3) is 0.200. The van der Waals surface area contributed by atoms with Gasteiger partial charge in [0.1, 0.15) is 0 Å². The summed E-state index contributed by atoms with van der Waals surface area (Å²) in [4.78, 5) is 15.4. The Hall–Kier alpha value is -1.43. The summed E-state index contributed by atoms with van der Waals surface area (Å²) in [5.41, 5.74) is 2.07. The largest absolute Gasteiger partial charge is 0.469 e. The third-order valence-corrected chi connectivity index (χ3v) is 3.13. The van der Waals surface area contributed by atoms with Gasteiger partial charge in [-0.15, -0.1) is 0 Å². The lowest BCUT2D eigenvalue weighted by molar-refractivity contribution is -0.139. The molecular weight excluding hydrogens is 353 g/mol. The van der Waals surface area contributed by atoms with Crippen LogP contribution in [-0.4, -0.2) is 19.3 Å². The normalized spacial score (nSPS) is 12.2. The lowest BCUT2D eigenvalue weighted by Crippen LogP contribution is -2.00. The van der Waals surface area contributed by atoms with Crippen molar-refractivity contribution in [1.82, 2.24) is 0 Å². The molecule has 0 amide bonds. The average Bonchev–Trinajstić information content (AvgIpc) is 2.46. The molecule has 0 aliphatic rings. The Bertz CT molecular complexity index is 478. The third kappa shape index (κ3) is 6.91. The molecular formula is C15H16INO2. The number of methoxy groups -OCH3 is 1. The number of benzene rings is 1. The molecule has 0 atom stereocenters. The molecule has 0 saturated heterocycles. The van der Waals surface area contributed by atoms with Gasteiger partial charge in [-0.3, -0.25) is 9.79 Å². The average molecular weight is 369 g/mol. The number of allylic oxidation sites excluding steroid dienone is 2. The molecule has 4 heteroatoms. The number of nitrogens with zero attached hydrogens (tertiary/aromatic N) is 1. The minimum Gasteiger partial charge on any atom is -0.469 e. The van der Waals surface area contributed by atoms with Crippen LogP contribution in [0.25, 0.3) is 0 Å². The Morgan fingerprint density at radius 3 is 2.74 bits per heavy atom. The first kappa shape index (κ1) is 15.6. The summed E-state index contributed by atoms with van der Waals surface area (Å²) in [6.45, 7) is 0.658. The first-order valence-electron chi connectivity index (χ1n) is 5.82. The fourth-order valence-corrected chi connectivity index (χ4v) is 1.77. The summed E-state index contributed by atoms with van der Waals surface area (Å²) in [7, 11) is 1.39. The molecule has 0 N–H and O–H groups in total. The zero-order chi connectivity index (χ0) is 13.9. The van der Waals surface area contributed by atoms with Gasteiger partial charge in [0, 0.05) is 6.21 Å². The number of ether oxygens (including phenoxy) is 1. The van der Waals surface area contributed by atoms with E-state index < -0.39 is 0 Å². The van der Waals surface area contributed by atoms with Crippen molar-refractivity contribution >= 4 is 34.8 Å². The van der Waals surface area contributed by atoms with Crippen LogP contribution in [0.15, 0.2) is 57.1 Å². The molecule has 0 spiro atoms. The van der Waals surface area contributed by atoms with Crippen LogP contribution in [0.4, 0.5) is 0 Å². The van der Waals surface area contributed by atoms with Gasteiger partial charge >= 0.3 is 5.97 Å². The van der Waals surface area contributed by atoms with Gasteiger partial charge in [0.2, 0.25) is 0 Å². The number of rotatable bonds is 6. The molecule has 0 aromatic heterocycles. The molecule has 0 radical (unpaired) electrons. The third-order valence-electron chi connectivity index (χ3n) is 2.33. The highest BCUT2D eigenvalue weighted by molar-refractivity contribution is 14.1. The molecule has 3 nitrogen and oxygen atoms in total. The molecule has 19 heavy (non-hydrogen) atoms. The van der Waals surface area contributed by atoms with E-state index in [2.05, 4.69) is 32.3 Å². The Kier molecular flexibility index (Phi) is 7.81. The molecule has 100 valence electrons. The van der Waals surface area contributed by atoms with Gasteiger partial charge < -0.3 is 4.74 Å². The van der Waals surface area contributed by atoms with Crippen LogP contribution in [0.2, 0.25) is 0 Å². The van der Waals surface area contributed by atoms with Gasteiger partial charge in [-0.2, -0.15) is 0 Å². The number of aliphatic imine (C=N–C) groups is 1. The predicted octanol–water partition coefficient (Wildman–Crippen LogP) is 3.70. The summed E-state index contributed by atoms with van der Waals surface area (Å²) >= 11 is 2.10. The zero-order valence-electron chi connectivity index (χ0n) is 10.8. The van der Waals surface area contributed by atoms with Crippen molar-refractivity contribution in [2.45, 2.75) is 13.0 Å². The minimum absolute atomic E-state index is 0.242. The van der Waals surface area contributed by atoms with Gasteiger partial charge in [0.15, 0.2) is 0 Å². The zero-order valence-corrected chi connectivity index (χ0v) is 12.9. The van der Waals surface area contributed by atoms with Crippen molar-refractivity contribution in [1.29, 1.82) is 0 Å². The molecule has 0 bridgehead atoms. The number of esters is 1. The van der Waals surface area contributed by atoms with Crippen LogP contribution in [0.5, 0.6) is 0 Å². The fourth-order valence-electron chi connectivity index (χ4n) is 1.34. The van der Waals surface area contributed by atoms with Crippen molar-refractivity contribution in [3.8, 4) is 0 Å². The van der Waals surface area contributed by atoms with Gasteiger partial charge in [-0.25, -0.2) is 0 Å². The molecule has 1 aromatic rings. The highest BCUT2D eigenvalue weighted by Gasteiger charge is 2.01. The van der Waals surface area contributed by atoms with Gasteiger partial charge in [-0.1, -0.05) is 59.0 Å². The van der Waals surface area contributed by atoms with Crippen molar-refractivity contribution in [2.75, 3.05) is 7.11 Å². The lowest BCUT2D eigenvalue weighted by Gasteiger charge is -1.98. The van der Waals surface area contributed by atoms with Crippen LogP contribution in [0.1, 0.15) is 12.0 Å². The highest BCUT2D eigenvalue weighted by Crippen LogP contribution is 2.07. The number of carbonyl (C=O) groups excluding carboxylic acids is 1. The standard InChI is InChI=1S/C15H16INO2/c1-19-15(18)10-14(11-16)8-5-9-17-12-13-6-3-2-4-7-13/h2-9,11H,10,12H2,1H3/b8-5-,14-11+,17-9?. The second kappa shape index (κ2) is 9.49. The van der Waals surface area contributed by atoms with E-state index in [-0.39, 0.29) is 12.4 Å². The van der Waals surface area contributed by atoms with Crippen LogP contribution in [0, 0.1) is 0 Å². The van der Waals surface area contributed by atoms with Crippen LogP contribution >= 0.6 is 22.6 Å². The van der Waals surface area contributed by atoms with E-state index in [0.29, 0.717) is 6.54 Å². The summed E-state index contributed by atoms with van der Waals surface area (Å²) in [6.07, 6.45) is 5.71. The van der Waals surface area contributed by atoms with Gasteiger partial charge in [0.05, 0.1) is 20.1 Å². The van der Waals surface area contributed by atoms with Crippen molar-refractivity contribution < 1.29 is 9.53 Å². The first-order valence-corrected chi connectivity index (χ1v) is 7.07. The second-order valence-electron chi connectivity index (χ2n) is 3.77. The summed E-state index contributed by atoms with van der Waals surface area (Å²) in [5, 5.41) is 0. The minimum atomic E-state index is -0.242. The number of hydrogen-bond acceptors (Lipinski definition) is 3. The van der Waals surface area contributed by atoms with E-state index >= 15 is 0 Å². The topological polar surface area (TPSA) is 38.7 Å². The molecule has 0 aliphatic carbocycles. The Balaban J connectivity index is 2.42. The highest BCUT2D eigenvalue weighted by atomic mass is 127. The monoisotopic (exact) mass is 369 g/mol. The summed E-state index contributed by atoms with van der Waals surface area (Å²) < 4.78 is 6.47. The molecule has 1 rings (SSSR count). The van der Waals surface area contributed by atoms with Crippen molar-refractivity contribution in [3.05, 3.63) is 57.7 Å². The van der Waals surface area contributed by atoms with Crippen molar-refractivity contribution in [2.24, 2.45) is 4.99 Å². The molecule has 1 aromatic carbocycles. The summed E-state index contributed by atoms with van der Waals surface area (Å²) in [5.74, 6) is -0.242. The van der Waals surface area contributed by atoms with E-state index in [4.69, 9.17) is 0 Å². The molecule has 0 heterocycles. The SMILES string of the molecule is COC(=O)CC(/C=C\C=NCc1ccccc1)=C/I. The smallest absolute Gasteiger partial charge is 0.309 e. The van der Waals surface area contributed by atoms with Gasteiger partial charge in [0.25, 0.3) is 0 Å². The van der Waals surface area contributed by atoms with Gasteiger partial charge in [-0.05, 0) is 21.3 Å². The van der Waals surface area contributed by atoms with Crippen LogP contribution in [0.3, 0.4) is 0 Å². The number of carbonyl (C=O) groups is 1. The molecule has 0 aliphatic heterocycles. The Labute approximate surface area is 127 Å². The van der Waals surface area contributed by atoms with Crippen LogP contribution < -0.4 is 0 Å². The van der Waals surface area contributed by atoms with E-state index in [1.54, 1.807) is 6.21 Å². The van der Waals surface area contributed by atoms with Crippen molar-refractivity contribution in [3.63, 3.8) is 0 Å². The second-order valence-corrected chi connectivity index (χ2v) is 4.39. The Morgan fingerprint density at radius 2 is 2.11 bits per heavy atom. The maximum atomic E-state index is 11.1. The first-order chi connectivity index (χ1) is 9.26. The predicted molar refractivity (Wildman–Crippen MR) is 86.5 cm³/mol. The maximum Gasteiger partial charge on any atom is 0.309 e.